The standard InChI is InChI=1S/C8H15N5S2/c1-13-11-8(10-12-13)4-6(9)7-5-14-2-3-15-7/h6-7H,2-5,9H2,1H3. The van der Waals surface area contributed by atoms with Crippen LogP contribution in [0.15, 0.2) is 0 Å². The molecule has 0 amide bonds. The van der Waals surface area contributed by atoms with E-state index in [1.54, 1.807) is 7.05 Å². The molecule has 2 atom stereocenters. The van der Waals surface area contributed by atoms with Crippen LogP contribution < -0.4 is 5.73 Å². The summed E-state index contributed by atoms with van der Waals surface area (Å²) in [5.74, 6) is 4.35. The van der Waals surface area contributed by atoms with Crippen molar-refractivity contribution in [3.63, 3.8) is 0 Å². The van der Waals surface area contributed by atoms with E-state index in [1.807, 2.05) is 23.5 Å². The Hall–Kier alpha value is -0.270. The molecule has 1 aliphatic rings. The summed E-state index contributed by atoms with van der Waals surface area (Å²) in [5.41, 5.74) is 6.14. The number of aromatic nitrogens is 4. The van der Waals surface area contributed by atoms with E-state index in [0.29, 0.717) is 5.25 Å². The third kappa shape index (κ3) is 3.09. The van der Waals surface area contributed by atoms with Crippen molar-refractivity contribution in [3.05, 3.63) is 5.82 Å². The highest BCUT2D eigenvalue weighted by atomic mass is 32.2. The van der Waals surface area contributed by atoms with Gasteiger partial charge in [-0.1, -0.05) is 0 Å². The van der Waals surface area contributed by atoms with Crippen molar-refractivity contribution in [2.24, 2.45) is 12.8 Å². The third-order valence-electron chi connectivity index (χ3n) is 2.29. The molecule has 2 unspecified atom stereocenters. The number of thioether (sulfide) groups is 2. The number of tetrazole rings is 1. The highest BCUT2D eigenvalue weighted by molar-refractivity contribution is 8.06. The zero-order valence-corrected chi connectivity index (χ0v) is 10.3. The Bertz CT molecular complexity index is 310. The van der Waals surface area contributed by atoms with E-state index in [4.69, 9.17) is 5.73 Å². The summed E-state index contributed by atoms with van der Waals surface area (Å²) in [4.78, 5) is 1.48. The Morgan fingerprint density at radius 3 is 3.07 bits per heavy atom. The zero-order valence-electron chi connectivity index (χ0n) is 8.67. The Morgan fingerprint density at radius 2 is 2.47 bits per heavy atom. The average molecular weight is 245 g/mol. The lowest BCUT2D eigenvalue weighted by molar-refractivity contribution is 0.615. The molecule has 1 fully saturated rings. The molecule has 0 aliphatic carbocycles. The van der Waals surface area contributed by atoms with Crippen molar-refractivity contribution in [2.75, 3.05) is 17.3 Å². The fourth-order valence-corrected chi connectivity index (χ4v) is 4.32. The molecule has 1 aliphatic heterocycles. The van der Waals surface area contributed by atoms with Gasteiger partial charge in [-0.25, -0.2) is 0 Å². The van der Waals surface area contributed by atoms with Crippen molar-refractivity contribution < 1.29 is 0 Å². The van der Waals surface area contributed by atoms with Crippen molar-refractivity contribution >= 4 is 23.5 Å². The number of rotatable bonds is 3. The molecule has 1 aromatic heterocycles. The number of nitrogens with two attached hydrogens (primary N) is 1. The maximum absolute atomic E-state index is 6.14. The maximum atomic E-state index is 6.14. The van der Waals surface area contributed by atoms with Gasteiger partial charge in [0.2, 0.25) is 0 Å². The van der Waals surface area contributed by atoms with E-state index in [1.165, 1.54) is 16.3 Å². The summed E-state index contributed by atoms with van der Waals surface area (Å²) >= 11 is 3.95. The first-order chi connectivity index (χ1) is 7.25. The minimum atomic E-state index is 0.145. The molecule has 7 heteroatoms. The smallest absolute Gasteiger partial charge is 0.176 e. The monoisotopic (exact) mass is 245 g/mol. The summed E-state index contributed by atoms with van der Waals surface area (Å²) < 4.78 is 0. The van der Waals surface area contributed by atoms with E-state index in [0.717, 1.165) is 18.0 Å². The molecule has 5 nitrogen and oxygen atoms in total. The van der Waals surface area contributed by atoms with E-state index in [-0.39, 0.29) is 6.04 Å². The highest BCUT2D eigenvalue weighted by Gasteiger charge is 2.22. The summed E-state index contributed by atoms with van der Waals surface area (Å²) in [6.07, 6.45) is 0.728. The Labute approximate surface area is 97.5 Å². The van der Waals surface area contributed by atoms with Gasteiger partial charge in [0.05, 0.1) is 7.05 Å². The molecule has 0 radical (unpaired) electrons. The zero-order chi connectivity index (χ0) is 10.7. The van der Waals surface area contributed by atoms with Gasteiger partial charge in [-0.15, -0.1) is 10.2 Å². The van der Waals surface area contributed by atoms with E-state index >= 15 is 0 Å². The lowest BCUT2D eigenvalue weighted by atomic mass is 10.1. The second kappa shape index (κ2) is 5.18. The maximum Gasteiger partial charge on any atom is 0.176 e. The van der Waals surface area contributed by atoms with Crippen LogP contribution in [0.4, 0.5) is 0 Å². The van der Waals surface area contributed by atoms with Crippen molar-refractivity contribution in [1.29, 1.82) is 0 Å². The second-order valence-corrected chi connectivity index (χ2v) is 6.04. The van der Waals surface area contributed by atoms with Crippen molar-refractivity contribution in [2.45, 2.75) is 17.7 Å². The van der Waals surface area contributed by atoms with Gasteiger partial charge in [-0.05, 0) is 5.21 Å². The molecule has 1 saturated heterocycles. The summed E-state index contributed by atoms with van der Waals surface area (Å²) in [6.45, 7) is 0. The van der Waals surface area contributed by atoms with Gasteiger partial charge < -0.3 is 5.73 Å². The van der Waals surface area contributed by atoms with Gasteiger partial charge in [0.25, 0.3) is 0 Å². The largest absolute Gasteiger partial charge is 0.326 e. The van der Waals surface area contributed by atoms with Crippen LogP contribution in [0.2, 0.25) is 0 Å². The molecule has 0 aromatic carbocycles. The summed E-state index contributed by atoms with van der Waals surface area (Å²) in [6, 6.07) is 0.145. The molecular weight excluding hydrogens is 230 g/mol. The molecule has 2 rings (SSSR count). The Kier molecular flexibility index (Phi) is 3.87. The van der Waals surface area contributed by atoms with Crippen molar-refractivity contribution in [1.82, 2.24) is 20.2 Å². The quantitative estimate of drug-likeness (QED) is 0.804. The first-order valence-corrected chi connectivity index (χ1v) is 7.14. The normalized spacial score (nSPS) is 24.0. The summed E-state index contributed by atoms with van der Waals surface area (Å²) in [5, 5.41) is 12.4. The van der Waals surface area contributed by atoms with Crippen molar-refractivity contribution in [3.8, 4) is 0 Å². The van der Waals surface area contributed by atoms with Crippen LogP contribution >= 0.6 is 23.5 Å². The highest BCUT2D eigenvalue weighted by Crippen LogP contribution is 2.26. The summed E-state index contributed by atoms with van der Waals surface area (Å²) in [7, 11) is 1.77. The number of hydrogen-bond acceptors (Lipinski definition) is 6. The lowest BCUT2D eigenvalue weighted by Gasteiger charge is -2.25. The van der Waals surface area contributed by atoms with Crippen LogP contribution in [0.5, 0.6) is 0 Å². The molecule has 0 saturated carbocycles. The molecule has 84 valence electrons. The fourth-order valence-electron chi connectivity index (χ4n) is 1.50. The predicted molar refractivity (Wildman–Crippen MR) is 64.0 cm³/mol. The van der Waals surface area contributed by atoms with Crippen LogP contribution in [-0.2, 0) is 13.5 Å². The first-order valence-electron chi connectivity index (χ1n) is 4.93. The van der Waals surface area contributed by atoms with E-state index < -0.39 is 0 Å². The van der Waals surface area contributed by atoms with Crippen LogP contribution in [0, 0.1) is 0 Å². The van der Waals surface area contributed by atoms with Crippen LogP contribution in [0.3, 0.4) is 0 Å². The molecular formula is C8H15N5S2. The first kappa shape index (κ1) is 11.2. The molecule has 1 aromatic rings. The molecule has 15 heavy (non-hydrogen) atoms. The Morgan fingerprint density at radius 1 is 1.60 bits per heavy atom. The SMILES string of the molecule is Cn1nnc(CC(N)C2CSCCS2)n1. The van der Waals surface area contributed by atoms with Crippen LogP contribution in [0.25, 0.3) is 0 Å². The topological polar surface area (TPSA) is 69.6 Å². The van der Waals surface area contributed by atoms with Gasteiger partial charge in [-0.2, -0.15) is 28.3 Å². The minimum absolute atomic E-state index is 0.145. The third-order valence-corrected chi connectivity index (χ3v) is 5.23. The predicted octanol–water partition coefficient (Wildman–Crippen LogP) is -0.0715. The van der Waals surface area contributed by atoms with Gasteiger partial charge in [-0.3, -0.25) is 0 Å². The van der Waals surface area contributed by atoms with Gasteiger partial charge in [0, 0.05) is 35.0 Å². The molecule has 0 bridgehead atoms. The lowest BCUT2D eigenvalue weighted by Crippen LogP contribution is -2.38. The average Bonchev–Trinajstić information content (AvgIpc) is 2.65. The molecule has 2 heterocycles. The number of aryl methyl sites for hydroxylation is 1. The number of hydrogen-bond donors (Lipinski definition) is 1. The van der Waals surface area contributed by atoms with Crippen LogP contribution in [-0.4, -0.2) is 48.8 Å². The van der Waals surface area contributed by atoms with Gasteiger partial charge in [0.1, 0.15) is 0 Å². The number of nitrogens with zero attached hydrogens (tertiary/aromatic N) is 4. The second-order valence-electron chi connectivity index (χ2n) is 3.55. The minimum Gasteiger partial charge on any atom is -0.326 e. The van der Waals surface area contributed by atoms with Gasteiger partial charge in [0.15, 0.2) is 5.82 Å². The molecule has 0 spiro atoms. The Balaban J connectivity index is 1.88. The fraction of sp³-hybridized carbons (Fsp3) is 0.875. The van der Waals surface area contributed by atoms with Gasteiger partial charge >= 0.3 is 0 Å². The van der Waals surface area contributed by atoms with Crippen LogP contribution in [0.1, 0.15) is 5.82 Å². The molecule has 2 N–H and O–H groups in total. The van der Waals surface area contributed by atoms with E-state index in [9.17, 15) is 0 Å². The van der Waals surface area contributed by atoms with E-state index in [2.05, 4.69) is 15.4 Å².